The summed E-state index contributed by atoms with van der Waals surface area (Å²) in [5, 5.41) is 11.5. The number of nitro benzene ring substituents is 1. The minimum absolute atomic E-state index is 0.0483. The molecule has 0 aliphatic rings. The van der Waals surface area contributed by atoms with Gasteiger partial charge in [0.15, 0.2) is 0 Å². The van der Waals surface area contributed by atoms with E-state index in [1.807, 2.05) is 0 Å². The number of halogens is 1. The fourth-order valence-electron chi connectivity index (χ4n) is 2.29. The molecule has 0 aliphatic heterocycles. The highest BCUT2D eigenvalue weighted by Gasteiger charge is 2.23. The molecule has 0 saturated heterocycles. The standard InChI is InChI=1S/C14H12ClNO6S/c1-9(17)22-8-7-10-5-6-13(23(15,20)21)14-11(10)3-2-4-12(14)16(18)19/h2-6H,7-8H2,1H3. The molecule has 122 valence electrons. The molecule has 0 N–H and O–H groups in total. The number of esters is 1. The van der Waals surface area contributed by atoms with Gasteiger partial charge < -0.3 is 4.74 Å². The second-order valence-corrected chi connectivity index (χ2v) is 7.24. The predicted molar refractivity (Wildman–Crippen MR) is 84.0 cm³/mol. The normalized spacial score (nSPS) is 11.4. The number of nitro groups is 1. The topological polar surface area (TPSA) is 104 Å². The molecule has 9 heteroatoms. The first-order valence-corrected chi connectivity index (χ1v) is 8.80. The Morgan fingerprint density at radius 1 is 1.30 bits per heavy atom. The number of benzene rings is 2. The Bertz CT molecular complexity index is 894. The van der Waals surface area contributed by atoms with Crippen molar-refractivity contribution in [2.24, 2.45) is 0 Å². The molecule has 23 heavy (non-hydrogen) atoms. The molecule has 0 heterocycles. The number of hydrogen-bond donors (Lipinski definition) is 0. The van der Waals surface area contributed by atoms with E-state index in [9.17, 15) is 23.3 Å². The van der Waals surface area contributed by atoms with Crippen LogP contribution >= 0.6 is 10.7 Å². The van der Waals surface area contributed by atoms with Crippen molar-refractivity contribution in [3.8, 4) is 0 Å². The highest BCUT2D eigenvalue weighted by atomic mass is 35.7. The van der Waals surface area contributed by atoms with E-state index >= 15 is 0 Å². The fourth-order valence-corrected chi connectivity index (χ4v) is 3.37. The molecule has 2 rings (SSSR count). The molecule has 2 aromatic carbocycles. The molecule has 0 radical (unpaired) electrons. The number of rotatable bonds is 5. The van der Waals surface area contributed by atoms with Crippen molar-refractivity contribution in [1.82, 2.24) is 0 Å². The summed E-state index contributed by atoms with van der Waals surface area (Å²) in [6.45, 7) is 1.35. The van der Waals surface area contributed by atoms with Gasteiger partial charge in [-0.05, 0) is 17.0 Å². The number of ether oxygens (including phenoxy) is 1. The summed E-state index contributed by atoms with van der Waals surface area (Å²) in [5.41, 5.74) is 0.269. The van der Waals surface area contributed by atoms with Gasteiger partial charge >= 0.3 is 5.97 Å². The molecule has 0 spiro atoms. The molecule has 0 aromatic heterocycles. The van der Waals surface area contributed by atoms with Crippen LogP contribution in [0.1, 0.15) is 12.5 Å². The molecule has 0 bridgehead atoms. The second-order valence-electron chi connectivity index (χ2n) is 4.71. The number of carbonyl (C=O) groups is 1. The van der Waals surface area contributed by atoms with Crippen LogP contribution in [0.25, 0.3) is 10.8 Å². The van der Waals surface area contributed by atoms with Crippen LogP contribution in [-0.4, -0.2) is 25.9 Å². The van der Waals surface area contributed by atoms with Gasteiger partial charge in [-0.2, -0.15) is 0 Å². The third kappa shape index (κ3) is 3.77. The Morgan fingerprint density at radius 3 is 2.57 bits per heavy atom. The van der Waals surface area contributed by atoms with Crippen LogP contribution in [0.15, 0.2) is 35.2 Å². The molecule has 0 unspecified atom stereocenters. The Balaban J connectivity index is 2.68. The van der Waals surface area contributed by atoms with Crippen LogP contribution in [0.3, 0.4) is 0 Å². The van der Waals surface area contributed by atoms with Gasteiger partial charge in [0.05, 0.1) is 21.8 Å². The van der Waals surface area contributed by atoms with Crippen molar-refractivity contribution in [1.29, 1.82) is 0 Å². The van der Waals surface area contributed by atoms with Crippen LogP contribution in [0, 0.1) is 10.1 Å². The van der Waals surface area contributed by atoms with Crippen LogP contribution in [0.4, 0.5) is 5.69 Å². The van der Waals surface area contributed by atoms with Gasteiger partial charge in [0, 0.05) is 30.1 Å². The smallest absolute Gasteiger partial charge is 0.302 e. The van der Waals surface area contributed by atoms with Crippen molar-refractivity contribution in [2.75, 3.05) is 6.61 Å². The molecular formula is C14H12ClNO6S. The third-order valence-corrected chi connectivity index (χ3v) is 4.57. The Hall–Kier alpha value is -2.19. The lowest BCUT2D eigenvalue weighted by Crippen LogP contribution is -2.05. The summed E-state index contributed by atoms with van der Waals surface area (Å²) in [6, 6.07) is 6.97. The van der Waals surface area contributed by atoms with E-state index in [2.05, 4.69) is 0 Å². The number of fused-ring (bicyclic) bond motifs is 1. The average Bonchev–Trinajstić information content (AvgIpc) is 2.44. The van der Waals surface area contributed by atoms with Gasteiger partial charge in [-0.25, -0.2) is 8.42 Å². The third-order valence-electron chi connectivity index (χ3n) is 3.21. The monoisotopic (exact) mass is 357 g/mol. The van der Waals surface area contributed by atoms with E-state index in [0.717, 1.165) is 0 Å². The van der Waals surface area contributed by atoms with Gasteiger partial charge in [-0.1, -0.05) is 18.2 Å². The van der Waals surface area contributed by atoms with E-state index < -0.39 is 19.9 Å². The van der Waals surface area contributed by atoms with Gasteiger partial charge in [-0.15, -0.1) is 0 Å². The summed E-state index contributed by atoms with van der Waals surface area (Å²) in [5.74, 6) is -0.444. The van der Waals surface area contributed by atoms with Gasteiger partial charge in [-0.3, -0.25) is 14.9 Å². The molecule has 0 amide bonds. The average molecular weight is 358 g/mol. The Labute approximate surface area is 136 Å². The van der Waals surface area contributed by atoms with Gasteiger partial charge in [0.25, 0.3) is 14.7 Å². The van der Waals surface area contributed by atoms with Crippen LogP contribution < -0.4 is 0 Å². The van der Waals surface area contributed by atoms with Crippen LogP contribution in [0.2, 0.25) is 0 Å². The molecule has 0 atom stereocenters. The SMILES string of the molecule is CC(=O)OCCc1ccc(S(=O)(=O)Cl)c2c([N+](=O)[O-])cccc12. The zero-order chi connectivity index (χ0) is 17.2. The van der Waals surface area contributed by atoms with E-state index in [1.165, 1.54) is 31.2 Å². The number of non-ortho nitro benzene ring substituents is 1. The molecule has 0 saturated carbocycles. The van der Waals surface area contributed by atoms with Crippen molar-refractivity contribution >= 4 is 42.2 Å². The molecule has 0 aliphatic carbocycles. The maximum absolute atomic E-state index is 11.7. The molecule has 2 aromatic rings. The number of nitrogens with zero attached hydrogens (tertiary/aromatic N) is 1. The van der Waals surface area contributed by atoms with Crippen molar-refractivity contribution < 1.29 is 22.9 Å². The first kappa shape index (κ1) is 17.2. The summed E-state index contributed by atoms with van der Waals surface area (Å²) in [6.07, 6.45) is 0.292. The highest BCUT2D eigenvalue weighted by Crippen LogP contribution is 2.35. The quantitative estimate of drug-likeness (QED) is 0.353. The minimum atomic E-state index is -4.15. The largest absolute Gasteiger partial charge is 0.466 e. The second kappa shape index (κ2) is 6.51. The highest BCUT2D eigenvalue weighted by molar-refractivity contribution is 8.14. The summed E-state index contributed by atoms with van der Waals surface area (Å²) in [7, 11) is 1.24. The zero-order valence-electron chi connectivity index (χ0n) is 12.0. The Morgan fingerprint density at radius 2 is 2.00 bits per heavy atom. The van der Waals surface area contributed by atoms with E-state index in [1.54, 1.807) is 6.07 Å². The van der Waals surface area contributed by atoms with E-state index in [4.69, 9.17) is 15.4 Å². The molecule has 0 fully saturated rings. The summed E-state index contributed by atoms with van der Waals surface area (Å²) in [4.78, 5) is 21.0. The van der Waals surface area contributed by atoms with Crippen molar-refractivity contribution in [2.45, 2.75) is 18.2 Å². The maximum Gasteiger partial charge on any atom is 0.302 e. The van der Waals surface area contributed by atoms with Crippen molar-refractivity contribution in [3.05, 3.63) is 46.0 Å². The van der Waals surface area contributed by atoms with Gasteiger partial charge in [0.2, 0.25) is 0 Å². The van der Waals surface area contributed by atoms with Gasteiger partial charge in [0.1, 0.15) is 0 Å². The van der Waals surface area contributed by atoms with Crippen LogP contribution in [0.5, 0.6) is 0 Å². The molecular weight excluding hydrogens is 346 g/mol. The Kier molecular flexibility index (Phi) is 4.86. The minimum Gasteiger partial charge on any atom is -0.466 e. The molecule has 7 nitrogen and oxygen atoms in total. The lowest BCUT2D eigenvalue weighted by Gasteiger charge is -2.10. The van der Waals surface area contributed by atoms with E-state index in [-0.39, 0.29) is 22.6 Å². The lowest BCUT2D eigenvalue weighted by atomic mass is 10.0. The number of hydrogen-bond acceptors (Lipinski definition) is 6. The van der Waals surface area contributed by atoms with Crippen molar-refractivity contribution in [3.63, 3.8) is 0 Å². The summed E-state index contributed by atoms with van der Waals surface area (Å²) >= 11 is 0. The van der Waals surface area contributed by atoms with Crippen LogP contribution in [-0.2, 0) is 25.0 Å². The number of carbonyl (C=O) groups excluding carboxylic acids is 1. The van der Waals surface area contributed by atoms with E-state index in [0.29, 0.717) is 17.4 Å². The lowest BCUT2D eigenvalue weighted by molar-refractivity contribution is -0.383. The summed E-state index contributed by atoms with van der Waals surface area (Å²) < 4.78 is 28.3. The zero-order valence-corrected chi connectivity index (χ0v) is 13.6. The maximum atomic E-state index is 11.7. The fraction of sp³-hybridized carbons (Fsp3) is 0.214. The first-order valence-electron chi connectivity index (χ1n) is 6.49. The first-order chi connectivity index (χ1) is 10.7. The predicted octanol–water partition coefficient (Wildman–Crippen LogP) is 2.78.